The molecule has 1 aromatic heterocycles. The third-order valence-corrected chi connectivity index (χ3v) is 2.46. The number of ether oxygens (including phenoxy) is 1. The SMILES string of the molecule is CC(C)(C#N)Oc1ccc(-c2ccccn2)cc1. The number of rotatable bonds is 3. The Morgan fingerprint density at radius 2 is 1.83 bits per heavy atom. The number of pyridine rings is 1. The monoisotopic (exact) mass is 238 g/mol. The van der Waals surface area contributed by atoms with Crippen LogP contribution in [0.4, 0.5) is 0 Å². The molecule has 0 radical (unpaired) electrons. The fraction of sp³-hybridized carbons (Fsp3) is 0.200. The van der Waals surface area contributed by atoms with Gasteiger partial charge in [-0.25, -0.2) is 0 Å². The van der Waals surface area contributed by atoms with Gasteiger partial charge in [-0.2, -0.15) is 5.26 Å². The Balaban J connectivity index is 2.19. The molecule has 0 fully saturated rings. The van der Waals surface area contributed by atoms with Crippen molar-refractivity contribution >= 4 is 0 Å². The summed E-state index contributed by atoms with van der Waals surface area (Å²) in [5.41, 5.74) is 1.13. The van der Waals surface area contributed by atoms with Gasteiger partial charge in [-0.3, -0.25) is 4.98 Å². The van der Waals surface area contributed by atoms with E-state index in [0.717, 1.165) is 11.3 Å². The van der Waals surface area contributed by atoms with Crippen LogP contribution < -0.4 is 4.74 Å². The van der Waals surface area contributed by atoms with Crippen molar-refractivity contribution in [3.05, 3.63) is 48.7 Å². The summed E-state index contributed by atoms with van der Waals surface area (Å²) >= 11 is 0. The molecule has 1 heterocycles. The predicted octanol–water partition coefficient (Wildman–Crippen LogP) is 3.43. The third-order valence-electron chi connectivity index (χ3n) is 2.46. The second-order valence-corrected chi connectivity index (χ2v) is 4.46. The van der Waals surface area contributed by atoms with E-state index < -0.39 is 5.60 Å². The van der Waals surface area contributed by atoms with Crippen LogP contribution in [0.5, 0.6) is 5.75 Å². The van der Waals surface area contributed by atoms with E-state index in [-0.39, 0.29) is 0 Å². The molecule has 90 valence electrons. The molecule has 1 aromatic carbocycles. The molecular weight excluding hydrogens is 224 g/mol. The van der Waals surface area contributed by atoms with Crippen LogP contribution in [0.15, 0.2) is 48.7 Å². The minimum Gasteiger partial charge on any atom is -0.473 e. The zero-order chi connectivity index (χ0) is 13.0. The van der Waals surface area contributed by atoms with Crippen molar-refractivity contribution in [1.29, 1.82) is 5.26 Å². The lowest BCUT2D eigenvalue weighted by molar-refractivity contribution is 0.170. The fourth-order valence-corrected chi connectivity index (χ4v) is 1.54. The molecule has 18 heavy (non-hydrogen) atoms. The van der Waals surface area contributed by atoms with Crippen LogP contribution in [-0.4, -0.2) is 10.6 Å². The quantitative estimate of drug-likeness (QED) is 0.823. The maximum absolute atomic E-state index is 8.90. The van der Waals surface area contributed by atoms with Gasteiger partial charge in [-0.05, 0) is 50.2 Å². The van der Waals surface area contributed by atoms with Gasteiger partial charge in [0.05, 0.1) is 5.69 Å². The molecule has 0 spiro atoms. The third kappa shape index (κ3) is 2.86. The van der Waals surface area contributed by atoms with Crippen molar-refractivity contribution in [2.45, 2.75) is 19.4 Å². The molecule has 0 bridgehead atoms. The average Bonchev–Trinajstić information content (AvgIpc) is 2.40. The molecule has 0 aliphatic rings. The van der Waals surface area contributed by atoms with E-state index in [9.17, 15) is 0 Å². The largest absolute Gasteiger partial charge is 0.473 e. The summed E-state index contributed by atoms with van der Waals surface area (Å²) in [5.74, 6) is 0.682. The van der Waals surface area contributed by atoms with Crippen LogP contribution in [-0.2, 0) is 0 Å². The molecule has 0 atom stereocenters. The highest BCUT2D eigenvalue weighted by atomic mass is 16.5. The van der Waals surface area contributed by atoms with E-state index in [1.54, 1.807) is 20.0 Å². The van der Waals surface area contributed by atoms with Gasteiger partial charge in [-0.1, -0.05) is 6.07 Å². The van der Waals surface area contributed by atoms with Gasteiger partial charge in [-0.15, -0.1) is 0 Å². The van der Waals surface area contributed by atoms with Gasteiger partial charge in [0.1, 0.15) is 11.8 Å². The summed E-state index contributed by atoms with van der Waals surface area (Å²) in [6, 6.07) is 15.5. The summed E-state index contributed by atoms with van der Waals surface area (Å²) in [4.78, 5) is 4.28. The Hall–Kier alpha value is -2.34. The van der Waals surface area contributed by atoms with Gasteiger partial charge in [0.2, 0.25) is 0 Å². The molecule has 0 saturated heterocycles. The lowest BCUT2D eigenvalue weighted by Gasteiger charge is -2.18. The van der Waals surface area contributed by atoms with Gasteiger partial charge < -0.3 is 4.74 Å². The molecule has 0 aliphatic heterocycles. The van der Waals surface area contributed by atoms with Crippen molar-refractivity contribution < 1.29 is 4.74 Å². The van der Waals surface area contributed by atoms with Crippen LogP contribution >= 0.6 is 0 Å². The molecule has 0 unspecified atom stereocenters. The number of hydrogen-bond acceptors (Lipinski definition) is 3. The molecule has 0 N–H and O–H groups in total. The molecule has 0 aliphatic carbocycles. The molecule has 0 amide bonds. The Kier molecular flexibility index (Phi) is 3.29. The zero-order valence-electron chi connectivity index (χ0n) is 10.4. The lowest BCUT2D eigenvalue weighted by atomic mass is 10.1. The van der Waals surface area contributed by atoms with Gasteiger partial charge in [0.25, 0.3) is 0 Å². The van der Waals surface area contributed by atoms with E-state index in [1.807, 2.05) is 42.5 Å². The molecule has 0 saturated carbocycles. The standard InChI is InChI=1S/C15H14N2O/c1-15(2,11-16)18-13-8-6-12(7-9-13)14-5-3-4-10-17-14/h3-10H,1-2H3. The van der Waals surface area contributed by atoms with Crippen molar-refractivity contribution in [3.63, 3.8) is 0 Å². The summed E-state index contributed by atoms with van der Waals surface area (Å²) in [5, 5.41) is 8.90. The number of benzene rings is 1. The van der Waals surface area contributed by atoms with Gasteiger partial charge in [0, 0.05) is 11.8 Å². The van der Waals surface area contributed by atoms with Crippen LogP contribution in [0.25, 0.3) is 11.3 Å². The van der Waals surface area contributed by atoms with Crippen molar-refractivity contribution in [1.82, 2.24) is 4.98 Å². The first-order valence-electron chi connectivity index (χ1n) is 5.72. The second-order valence-electron chi connectivity index (χ2n) is 4.46. The van der Waals surface area contributed by atoms with Crippen LogP contribution in [0.2, 0.25) is 0 Å². The highest BCUT2D eigenvalue weighted by Gasteiger charge is 2.18. The van der Waals surface area contributed by atoms with Crippen LogP contribution in [0.3, 0.4) is 0 Å². The molecule has 3 nitrogen and oxygen atoms in total. The average molecular weight is 238 g/mol. The number of aromatic nitrogens is 1. The van der Waals surface area contributed by atoms with E-state index >= 15 is 0 Å². The maximum Gasteiger partial charge on any atom is 0.188 e. The van der Waals surface area contributed by atoms with E-state index in [0.29, 0.717) is 5.75 Å². The van der Waals surface area contributed by atoms with Crippen LogP contribution in [0.1, 0.15) is 13.8 Å². The van der Waals surface area contributed by atoms with E-state index in [1.165, 1.54) is 0 Å². The van der Waals surface area contributed by atoms with Gasteiger partial charge in [0.15, 0.2) is 5.60 Å². The van der Waals surface area contributed by atoms with Crippen molar-refractivity contribution in [3.8, 4) is 23.1 Å². The number of nitrogens with zero attached hydrogens (tertiary/aromatic N) is 2. The van der Waals surface area contributed by atoms with E-state index in [2.05, 4.69) is 11.1 Å². The Morgan fingerprint density at radius 3 is 2.39 bits per heavy atom. The minimum atomic E-state index is -0.813. The summed E-state index contributed by atoms with van der Waals surface area (Å²) < 4.78 is 5.56. The van der Waals surface area contributed by atoms with Crippen molar-refractivity contribution in [2.75, 3.05) is 0 Å². The van der Waals surface area contributed by atoms with E-state index in [4.69, 9.17) is 10.00 Å². The molecular formula is C15H14N2O. The highest BCUT2D eigenvalue weighted by Crippen LogP contribution is 2.22. The lowest BCUT2D eigenvalue weighted by Crippen LogP contribution is -2.25. The summed E-state index contributed by atoms with van der Waals surface area (Å²) in [6.07, 6.45) is 1.76. The topological polar surface area (TPSA) is 45.9 Å². The predicted molar refractivity (Wildman–Crippen MR) is 70.0 cm³/mol. The number of nitriles is 1. The fourth-order valence-electron chi connectivity index (χ4n) is 1.54. The van der Waals surface area contributed by atoms with Crippen LogP contribution in [0, 0.1) is 11.3 Å². The molecule has 3 heteroatoms. The zero-order valence-corrected chi connectivity index (χ0v) is 10.4. The highest BCUT2D eigenvalue weighted by molar-refractivity contribution is 5.59. The second kappa shape index (κ2) is 4.89. The summed E-state index contributed by atoms with van der Waals surface area (Å²) in [6.45, 7) is 3.47. The molecule has 2 rings (SSSR count). The molecule has 2 aromatic rings. The Morgan fingerprint density at radius 1 is 1.11 bits per heavy atom. The summed E-state index contributed by atoms with van der Waals surface area (Å²) in [7, 11) is 0. The Labute approximate surface area is 107 Å². The van der Waals surface area contributed by atoms with Gasteiger partial charge >= 0.3 is 0 Å². The first kappa shape index (κ1) is 12.1. The first-order valence-corrected chi connectivity index (χ1v) is 5.72. The number of hydrogen-bond donors (Lipinski definition) is 0. The van der Waals surface area contributed by atoms with Crippen molar-refractivity contribution in [2.24, 2.45) is 0 Å². The first-order chi connectivity index (χ1) is 8.61. The smallest absolute Gasteiger partial charge is 0.188 e. The Bertz CT molecular complexity index is 553. The normalized spacial score (nSPS) is 10.7. The minimum absolute atomic E-state index is 0.682. The maximum atomic E-state index is 8.90.